The van der Waals surface area contributed by atoms with Gasteiger partial charge in [-0.15, -0.1) is 0 Å². The Morgan fingerprint density at radius 1 is 1.24 bits per heavy atom. The Hall–Kier alpha value is -0.570. The van der Waals surface area contributed by atoms with Gasteiger partial charge in [-0.2, -0.15) is 0 Å². The number of fused-ring (bicyclic) bond motifs is 4. The second-order valence-electron chi connectivity index (χ2n) is 6.15. The zero-order chi connectivity index (χ0) is 12.9. The van der Waals surface area contributed by atoms with Gasteiger partial charge in [0.05, 0.1) is 11.5 Å². The van der Waals surface area contributed by atoms with E-state index in [1.165, 1.54) is 0 Å². The van der Waals surface area contributed by atoms with Crippen LogP contribution in [-0.2, 0) is 14.3 Å². The van der Waals surface area contributed by atoms with Crippen LogP contribution in [0.25, 0.3) is 0 Å². The number of carbonyl (C=O) groups excluding carboxylic acids is 1. The van der Waals surface area contributed by atoms with Crippen LogP contribution < -0.4 is 0 Å². The summed E-state index contributed by atoms with van der Waals surface area (Å²) in [5.41, 5.74) is -1.20. The van der Waals surface area contributed by atoms with Crippen LogP contribution >= 0.6 is 0 Å². The molecule has 3 saturated heterocycles. The minimum absolute atomic E-state index is 0.0695. The predicted molar refractivity (Wildman–Crippen MR) is 65.7 cm³/mol. The molecule has 3 heterocycles. The van der Waals surface area contributed by atoms with Gasteiger partial charge in [0.1, 0.15) is 11.2 Å². The van der Waals surface area contributed by atoms with Crippen LogP contribution in [0.1, 0.15) is 60.3 Å². The van der Waals surface area contributed by atoms with Gasteiger partial charge in [0, 0.05) is 0 Å². The van der Waals surface area contributed by atoms with Crippen molar-refractivity contribution in [3.8, 4) is 0 Å². The highest BCUT2D eigenvalue weighted by molar-refractivity contribution is 5.75. The van der Waals surface area contributed by atoms with E-state index in [-0.39, 0.29) is 17.5 Å². The zero-order valence-electron chi connectivity index (χ0n) is 11.6. The van der Waals surface area contributed by atoms with Gasteiger partial charge < -0.3 is 9.47 Å². The van der Waals surface area contributed by atoms with E-state index in [1.54, 1.807) is 0 Å². The summed E-state index contributed by atoms with van der Waals surface area (Å²) in [7, 11) is 0. The van der Waals surface area contributed by atoms with Crippen molar-refractivity contribution in [3.05, 3.63) is 0 Å². The molecule has 17 heavy (non-hydrogen) atoms. The van der Waals surface area contributed by atoms with E-state index in [0.29, 0.717) is 0 Å². The zero-order valence-corrected chi connectivity index (χ0v) is 11.6. The number of ether oxygens (including phenoxy) is 2. The molecule has 0 aromatic rings. The SMILES string of the molecule is CCC1(CC)OC(=O)[C@@H]2CC[C@@]1(C)OC2(C)C. The minimum Gasteiger partial charge on any atom is -0.456 e. The van der Waals surface area contributed by atoms with E-state index in [4.69, 9.17) is 9.47 Å². The van der Waals surface area contributed by atoms with Crippen LogP contribution in [0.5, 0.6) is 0 Å². The van der Waals surface area contributed by atoms with Crippen LogP contribution in [-0.4, -0.2) is 22.8 Å². The molecule has 0 spiro atoms. The van der Waals surface area contributed by atoms with Crippen LogP contribution in [0.3, 0.4) is 0 Å². The highest BCUT2D eigenvalue weighted by Crippen LogP contribution is 2.52. The van der Waals surface area contributed by atoms with Crippen LogP contribution in [0.15, 0.2) is 0 Å². The van der Waals surface area contributed by atoms with E-state index < -0.39 is 11.2 Å². The lowest BCUT2D eigenvalue weighted by molar-refractivity contribution is -0.233. The molecule has 3 fully saturated rings. The maximum atomic E-state index is 12.3. The van der Waals surface area contributed by atoms with E-state index in [1.807, 2.05) is 13.8 Å². The fourth-order valence-electron chi connectivity index (χ4n) is 3.71. The van der Waals surface area contributed by atoms with E-state index in [0.717, 1.165) is 25.7 Å². The van der Waals surface area contributed by atoms with Gasteiger partial charge in [0.2, 0.25) is 0 Å². The Labute approximate surface area is 104 Å². The first-order valence-electron chi connectivity index (χ1n) is 6.73. The van der Waals surface area contributed by atoms with Gasteiger partial charge in [-0.3, -0.25) is 4.79 Å². The largest absolute Gasteiger partial charge is 0.456 e. The van der Waals surface area contributed by atoms with Crippen molar-refractivity contribution >= 4 is 5.97 Å². The van der Waals surface area contributed by atoms with Gasteiger partial charge in [0.15, 0.2) is 0 Å². The Morgan fingerprint density at radius 3 is 2.29 bits per heavy atom. The molecule has 3 heteroatoms. The molecule has 0 radical (unpaired) electrons. The molecule has 0 aliphatic carbocycles. The number of esters is 1. The molecule has 3 rings (SSSR count). The third-order valence-corrected chi connectivity index (χ3v) is 4.92. The van der Waals surface area contributed by atoms with Crippen LogP contribution in [0.4, 0.5) is 0 Å². The van der Waals surface area contributed by atoms with Crippen molar-refractivity contribution in [1.29, 1.82) is 0 Å². The molecule has 3 nitrogen and oxygen atoms in total. The average Bonchev–Trinajstić information content (AvgIpc) is 2.37. The molecule has 0 unspecified atom stereocenters. The number of hydrogen-bond donors (Lipinski definition) is 0. The lowest BCUT2D eigenvalue weighted by Crippen LogP contribution is -2.58. The molecule has 2 atom stereocenters. The summed E-state index contributed by atoms with van der Waals surface area (Å²) >= 11 is 0. The summed E-state index contributed by atoms with van der Waals surface area (Å²) in [5, 5.41) is 0. The van der Waals surface area contributed by atoms with Gasteiger partial charge in [-0.1, -0.05) is 13.8 Å². The number of carbonyl (C=O) groups is 1. The summed E-state index contributed by atoms with van der Waals surface area (Å²) in [6, 6.07) is 0. The van der Waals surface area contributed by atoms with Crippen molar-refractivity contribution in [3.63, 3.8) is 0 Å². The van der Waals surface area contributed by atoms with Crippen LogP contribution in [0.2, 0.25) is 0 Å². The number of rotatable bonds is 2. The highest BCUT2D eigenvalue weighted by Gasteiger charge is 2.61. The molecular weight excluding hydrogens is 216 g/mol. The molecule has 0 aromatic heterocycles. The Balaban J connectivity index is 2.50. The lowest BCUT2D eigenvalue weighted by Gasteiger charge is -2.50. The van der Waals surface area contributed by atoms with E-state index in [2.05, 4.69) is 20.8 Å². The molecule has 2 bridgehead atoms. The second-order valence-corrected chi connectivity index (χ2v) is 6.15. The van der Waals surface area contributed by atoms with Gasteiger partial charge in [0.25, 0.3) is 0 Å². The first-order chi connectivity index (χ1) is 7.80. The molecule has 0 aromatic carbocycles. The molecule has 98 valence electrons. The van der Waals surface area contributed by atoms with Crippen molar-refractivity contribution in [2.45, 2.75) is 77.1 Å². The van der Waals surface area contributed by atoms with E-state index >= 15 is 0 Å². The summed E-state index contributed by atoms with van der Waals surface area (Å²) in [5.74, 6) is -0.185. The first kappa shape index (κ1) is 12.9. The van der Waals surface area contributed by atoms with Crippen molar-refractivity contribution in [2.75, 3.05) is 0 Å². The summed E-state index contributed by atoms with van der Waals surface area (Å²) in [6.07, 6.45) is 3.42. The van der Waals surface area contributed by atoms with Gasteiger partial charge in [-0.05, 0) is 46.5 Å². The summed E-state index contributed by atoms with van der Waals surface area (Å²) in [6.45, 7) is 10.3. The Morgan fingerprint density at radius 2 is 1.82 bits per heavy atom. The molecule has 0 N–H and O–H groups in total. The lowest BCUT2D eigenvalue weighted by atomic mass is 9.72. The standard InChI is InChI=1S/C14H24O3/c1-6-14(7-2)13(5)9-8-10(11(15)16-14)12(3,4)17-13/h10H,6-9H2,1-5H3/t10-,13+/m0/s1. The highest BCUT2D eigenvalue weighted by atomic mass is 16.6. The van der Waals surface area contributed by atoms with Gasteiger partial charge >= 0.3 is 5.97 Å². The summed E-state index contributed by atoms with van der Waals surface area (Å²) in [4.78, 5) is 12.3. The van der Waals surface area contributed by atoms with E-state index in [9.17, 15) is 4.79 Å². The smallest absolute Gasteiger partial charge is 0.312 e. The molecular formula is C14H24O3. The van der Waals surface area contributed by atoms with Crippen LogP contribution in [0, 0.1) is 5.92 Å². The minimum atomic E-state index is -0.452. The average molecular weight is 240 g/mol. The molecule has 0 saturated carbocycles. The van der Waals surface area contributed by atoms with Crippen molar-refractivity contribution in [2.24, 2.45) is 5.92 Å². The van der Waals surface area contributed by atoms with Crippen molar-refractivity contribution < 1.29 is 14.3 Å². The topological polar surface area (TPSA) is 35.5 Å². The normalized spacial score (nSPS) is 38.6. The maximum Gasteiger partial charge on any atom is 0.312 e. The fourth-order valence-corrected chi connectivity index (χ4v) is 3.71. The second kappa shape index (κ2) is 3.71. The third kappa shape index (κ3) is 1.62. The maximum absolute atomic E-state index is 12.3. The predicted octanol–water partition coefficient (Wildman–Crippen LogP) is 3.07. The Bertz CT molecular complexity index is 330. The fraction of sp³-hybridized carbons (Fsp3) is 0.929. The molecule has 0 amide bonds. The third-order valence-electron chi connectivity index (χ3n) is 4.92. The number of hydrogen-bond acceptors (Lipinski definition) is 3. The Kier molecular flexibility index (Phi) is 2.81. The molecule has 3 aliphatic heterocycles. The monoisotopic (exact) mass is 240 g/mol. The van der Waals surface area contributed by atoms with Crippen molar-refractivity contribution in [1.82, 2.24) is 0 Å². The summed E-state index contributed by atoms with van der Waals surface area (Å²) < 4.78 is 12.2. The van der Waals surface area contributed by atoms with Gasteiger partial charge in [-0.25, -0.2) is 0 Å². The molecule has 3 aliphatic rings. The quantitative estimate of drug-likeness (QED) is 0.696. The first-order valence-corrected chi connectivity index (χ1v) is 6.73.